The Morgan fingerprint density at radius 3 is 1.13 bits per heavy atom. The number of nitrogens with zero attached hydrogens (tertiary/aromatic N) is 1. The third kappa shape index (κ3) is 57.5. The Kier molecular flexibility index (Phi) is 53.1. The molecular weight excluding hydrogens is 935 g/mol. The number of carbonyl (C=O) groups excluding carboxylic acids is 2. The summed E-state index contributed by atoms with van der Waals surface area (Å²) in [5, 5.41) is 9.71. The lowest BCUT2D eigenvalue weighted by Gasteiger charge is -2.25. The van der Waals surface area contributed by atoms with Gasteiger partial charge in [-0.1, -0.05) is 226 Å². The topological polar surface area (TPSA) is 108 Å². The second kappa shape index (κ2) is 56.2. The lowest BCUT2D eigenvalue weighted by Crippen LogP contribution is -2.40. The molecule has 2 atom stereocenters. The van der Waals surface area contributed by atoms with Crippen molar-refractivity contribution in [1.29, 1.82) is 0 Å². The SMILES string of the molecule is CC/C=C\C/C=C\C/C=C\C/C=C\C/C=C\C/C=C\C/C=C\CCCCCCCCCCCCCC(=O)OC(COC(=O)CCCCCCCCC/C=C\C/C=C\CCCCC)COC(OCC[N+](C)(C)C)C(=O)O. The van der Waals surface area contributed by atoms with Crippen LogP contribution < -0.4 is 0 Å². The van der Waals surface area contributed by atoms with Gasteiger partial charge >= 0.3 is 17.9 Å². The molecule has 0 aromatic heterocycles. The molecule has 0 heterocycles. The molecule has 0 fully saturated rings. The molecule has 0 aromatic rings. The number of carboxylic acid groups (broad SMARTS) is 1. The average Bonchev–Trinajstić information content (AvgIpc) is 3.38. The van der Waals surface area contributed by atoms with Crippen molar-refractivity contribution in [3.63, 3.8) is 0 Å². The number of ether oxygens (including phenoxy) is 4. The Hall–Kier alpha value is -4.05. The summed E-state index contributed by atoms with van der Waals surface area (Å²) in [6.45, 7) is 4.72. The zero-order valence-electron chi connectivity index (χ0n) is 48.7. The van der Waals surface area contributed by atoms with Crippen molar-refractivity contribution < 1.29 is 42.9 Å². The van der Waals surface area contributed by atoms with Crippen LogP contribution in [0.2, 0.25) is 0 Å². The molecule has 0 spiro atoms. The highest BCUT2D eigenvalue weighted by atomic mass is 16.7. The molecule has 1 N–H and O–H groups in total. The predicted octanol–water partition coefficient (Wildman–Crippen LogP) is 17.9. The molecule has 0 aliphatic carbocycles. The molecule has 2 unspecified atom stereocenters. The average molecular weight is 1050 g/mol. The fraction of sp³-hybridized carbons (Fsp3) is 0.682. The number of aliphatic carboxylic acids is 1. The van der Waals surface area contributed by atoms with Gasteiger partial charge in [-0.15, -0.1) is 0 Å². The number of unbranched alkanes of at least 4 members (excludes halogenated alkanes) is 21. The van der Waals surface area contributed by atoms with E-state index in [1.54, 1.807) is 0 Å². The lowest BCUT2D eigenvalue weighted by atomic mass is 10.0. The summed E-state index contributed by atoms with van der Waals surface area (Å²) in [5.41, 5.74) is 0. The molecule has 75 heavy (non-hydrogen) atoms. The van der Waals surface area contributed by atoms with Gasteiger partial charge in [0.2, 0.25) is 0 Å². The maximum Gasteiger partial charge on any atom is 0.361 e. The Morgan fingerprint density at radius 1 is 0.413 bits per heavy atom. The van der Waals surface area contributed by atoms with Gasteiger partial charge in [-0.3, -0.25) is 9.59 Å². The number of carbonyl (C=O) groups is 3. The second-order valence-electron chi connectivity index (χ2n) is 20.9. The first-order valence-electron chi connectivity index (χ1n) is 30.1. The van der Waals surface area contributed by atoms with Crippen molar-refractivity contribution in [3.05, 3.63) is 109 Å². The number of rotatable bonds is 54. The van der Waals surface area contributed by atoms with Gasteiger partial charge in [-0.05, 0) is 103 Å². The first-order chi connectivity index (χ1) is 36.6. The third-order valence-electron chi connectivity index (χ3n) is 12.5. The molecule has 0 radical (unpaired) electrons. The van der Waals surface area contributed by atoms with E-state index in [4.69, 9.17) is 18.9 Å². The van der Waals surface area contributed by atoms with E-state index in [1.807, 2.05) is 21.1 Å². The van der Waals surface area contributed by atoms with Crippen LogP contribution in [0.1, 0.15) is 232 Å². The largest absolute Gasteiger partial charge is 0.477 e. The molecule has 9 heteroatoms. The van der Waals surface area contributed by atoms with Crippen LogP contribution in [0.5, 0.6) is 0 Å². The van der Waals surface area contributed by atoms with Crippen LogP contribution in [-0.2, 0) is 33.3 Å². The number of allylic oxidation sites excluding steroid dienone is 18. The van der Waals surface area contributed by atoms with Crippen molar-refractivity contribution in [3.8, 4) is 0 Å². The highest BCUT2D eigenvalue weighted by Crippen LogP contribution is 2.15. The maximum absolute atomic E-state index is 12.9. The summed E-state index contributed by atoms with van der Waals surface area (Å²) >= 11 is 0. The van der Waals surface area contributed by atoms with Gasteiger partial charge in [0, 0.05) is 12.8 Å². The monoisotopic (exact) mass is 1050 g/mol. The van der Waals surface area contributed by atoms with Crippen molar-refractivity contribution in [2.24, 2.45) is 0 Å². The third-order valence-corrected chi connectivity index (χ3v) is 12.5. The van der Waals surface area contributed by atoms with E-state index in [1.165, 1.54) is 89.9 Å². The predicted molar refractivity (Wildman–Crippen MR) is 318 cm³/mol. The van der Waals surface area contributed by atoms with Crippen molar-refractivity contribution in [2.75, 3.05) is 47.5 Å². The van der Waals surface area contributed by atoms with Gasteiger partial charge in [-0.2, -0.15) is 0 Å². The summed E-state index contributed by atoms with van der Waals surface area (Å²) in [4.78, 5) is 37.4. The molecule has 0 amide bonds. The van der Waals surface area contributed by atoms with Crippen LogP contribution in [0.25, 0.3) is 0 Å². The first kappa shape index (κ1) is 71.0. The van der Waals surface area contributed by atoms with Gasteiger partial charge in [0.05, 0.1) is 34.4 Å². The van der Waals surface area contributed by atoms with Gasteiger partial charge in [0.1, 0.15) is 13.2 Å². The molecule has 0 rings (SSSR count). The number of likely N-dealkylation sites (N-methyl/N-ethyl adjacent to an activating group) is 1. The van der Waals surface area contributed by atoms with E-state index < -0.39 is 24.3 Å². The lowest BCUT2D eigenvalue weighted by molar-refractivity contribution is -0.870. The molecule has 0 aliphatic rings. The van der Waals surface area contributed by atoms with E-state index in [0.717, 1.165) is 109 Å². The van der Waals surface area contributed by atoms with Crippen LogP contribution in [0.3, 0.4) is 0 Å². The normalized spacial score (nSPS) is 13.6. The van der Waals surface area contributed by atoms with Gasteiger partial charge in [-0.25, -0.2) is 4.79 Å². The van der Waals surface area contributed by atoms with E-state index in [9.17, 15) is 19.5 Å². The van der Waals surface area contributed by atoms with Gasteiger partial charge in [0.15, 0.2) is 6.10 Å². The zero-order chi connectivity index (χ0) is 54.8. The summed E-state index contributed by atoms with van der Waals surface area (Å²) in [5.74, 6) is -2.03. The fourth-order valence-corrected chi connectivity index (χ4v) is 7.91. The molecular formula is C66H112NO8+. The Balaban J connectivity index is 4.21. The quantitative estimate of drug-likeness (QED) is 0.0211. The zero-order valence-corrected chi connectivity index (χ0v) is 48.7. The van der Waals surface area contributed by atoms with Crippen molar-refractivity contribution in [2.45, 2.75) is 245 Å². The van der Waals surface area contributed by atoms with Gasteiger partial charge in [0.25, 0.3) is 6.29 Å². The van der Waals surface area contributed by atoms with Crippen molar-refractivity contribution in [1.82, 2.24) is 0 Å². The highest BCUT2D eigenvalue weighted by Gasteiger charge is 2.25. The van der Waals surface area contributed by atoms with E-state index in [0.29, 0.717) is 17.4 Å². The summed E-state index contributed by atoms with van der Waals surface area (Å²) in [7, 11) is 5.96. The van der Waals surface area contributed by atoms with E-state index >= 15 is 0 Å². The molecule has 428 valence electrons. The van der Waals surface area contributed by atoms with Crippen LogP contribution in [0.15, 0.2) is 109 Å². The van der Waals surface area contributed by atoms with Crippen LogP contribution in [0, 0.1) is 0 Å². The Morgan fingerprint density at radius 2 is 0.760 bits per heavy atom. The summed E-state index contributed by atoms with van der Waals surface area (Å²) in [6.07, 6.45) is 74.5. The first-order valence-corrected chi connectivity index (χ1v) is 30.1. The molecule has 0 saturated heterocycles. The van der Waals surface area contributed by atoms with Crippen LogP contribution in [0.4, 0.5) is 0 Å². The Labute approximate surface area is 460 Å². The molecule has 9 nitrogen and oxygen atoms in total. The number of hydrogen-bond donors (Lipinski definition) is 1. The highest BCUT2D eigenvalue weighted by molar-refractivity contribution is 5.71. The Bertz CT molecular complexity index is 1590. The van der Waals surface area contributed by atoms with Gasteiger partial charge < -0.3 is 28.5 Å². The number of esters is 2. The number of hydrogen-bond acceptors (Lipinski definition) is 7. The van der Waals surface area contributed by atoms with E-state index in [2.05, 4.69) is 123 Å². The van der Waals surface area contributed by atoms with Crippen LogP contribution in [-0.4, -0.2) is 87.4 Å². The minimum atomic E-state index is -1.52. The smallest absolute Gasteiger partial charge is 0.361 e. The van der Waals surface area contributed by atoms with E-state index in [-0.39, 0.29) is 38.6 Å². The summed E-state index contributed by atoms with van der Waals surface area (Å²) in [6, 6.07) is 0. The minimum Gasteiger partial charge on any atom is -0.477 e. The number of quaternary nitrogens is 1. The molecule has 0 bridgehead atoms. The minimum absolute atomic E-state index is 0.181. The second-order valence-corrected chi connectivity index (χ2v) is 20.9. The molecule has 0 aliphatic heterocycles. The molecule has 0 saturated carbocycles. The van der Waals surface area contributed by atoms with Crippen LogP contribution >= 0.6 is 0 Å². The van der Waals surface area contributed by atoms with Crippen molar-refractivity contribution >= 4 is 17.9 Å². The standard InChI is InChI=1S/C66H111NO8/c1-6-8-10-12-14-16-18-20-22-24-25-26-27-28-29-30-31-32-33-34-35-36-37-38-39-41-43-45-47-49-51-53-55-57-64(69)75-62(61-74-66(65(70)71)72-59-58-67(3,4)5)60-73-63(68)56-54-52-50-48-46-44-42-40-23-21-19-17-15-13-11-9-7-2/h8,10,14-17,20-23,25-26,28-29,31-32,34-35,62,66H,6-7,9,11-13,18-19,24,27,30,33,36-61H2,1-5H3/p+1/b10-8-,16-14-,17-15-,22-20-,23-21-,26-25-,29-28-,32-31-,35-34-. The number of carboxylic acids is 1. The molecule has 0 aromatic carbocycles. The fourth-order valence-electron chi connectivity index (χ4n) is 7.91. The maximum atomic E-state index is 12.9. The summed E-state index contributed by atoms with van der Waals surface area (Å²) < 4.78 is 22.9.